The Morgan fingerprint density at radius 2 is 2.00 bits per heavy atom. The minimum Gasteiger partial charge on any atom is -0.372 e. The zero-order valence-corrected chi connectivity index (χ0v) is 11.9. The molecule has 3 aliphatic rings. The van der Waals surface area contributed by atoms with Crippen LogP contribution >= 0.6 is 0 Å². The molecule has 0 bridgehead atoms. The van der Waals surface area contributed by atoms with Gasteiger partial charge >= 0.3 is 0 Å². The van der Waals surface area contributed by atoms with Gasteiger partial charge in [0.25, 0.3) is 10.1 Å². The van der Waals surface area contributed by atoms with Gasteiger partial charge in [0.15, 0.2) is 12.1 Å². The first-order chi connectivity index (χ1) is 8.71. The van der Waals surface area contributed by atoms with Crippen molar-refractivity contribution in [2.24, 2.45) is 0 Å². The van der Waals surface area contributed by atoms with Crippen LogP contribution in [0, 0.1) is 0 Å². The van der Waals surface area contributed by atoms with E-state index in [4.69, 9.17) is 23.1 Å². The molecule has 3 heterocycles. The molecule has 0 amide bonds. The zero-order chi connectivity index (χ0) is 13.9. The summed E-state index contributed by atoms with van der Waals surface area (Å²) in [5, 5.41) is 0. The molecule has 7 nitrogen and oxygen atoms in total. The standard InChI is InChI=1S/C11H18O7S/c1-10(2)16-7-8-11(4-5-14-8,18-9(7)17-10)6-15-19(3,12)13/h7-9H,4-6H2,1-3H3/t7-,8+,9+,11+/m1/s1. The maximum atomic E-state index is 11.1. The number of hydrogen-bond acceptors (Lipinski definition) is 7. The molecule has 3 fully saturated rings. The SMILES string of the molecule is CC1(C)O[C@H]2O[C@]3(COS(C)(=O)=O)CCO[C@H]3[C@H]2O1. The Balaban J connectivity index is 1.77. The monoisotopic (exact) mass is 294 g/mol. The van der Waals surface area contributed by atoms with Gasteiger partial charge in [-0.15, -0.1) is 0 Å². The van der Waals surface area contributed by atoms with Crippen LogP contribution in [0.25, 0.3) is 0 Å². The molecule has 4 atom stereocenters. The van der Waals surface area contributed by atoms with Crippen molar-refractivity contribution in [2.45, 2.75) is 50.2 Å². The number of fused-ring (bicyclic) bond motifs is 3. The average molecular weight is 294 g/mol. The van der Waals surface area contributed by atoms with Gasteiger partial charge in [0, 0.05) is 6.42 Å². The molecule has 0 radical (unpaired) electrons. The third kappa shape index (κ3) is 2.41. The van der Waals surface area contributed by atoms with E-state index in [1.807, 2.05) is 0 Å². The van der Waals surface area contributed by atoms with E-state index in [-0.39, 0.29) is 18.8 Å². The lowest BCUT2D eigenvalue weighted by Crippen LogP contribution is -2.45. The summed E-state index contributed by atoms with van der Waals surface area (Å²) < 4.78 is 50.1. The van der Waals surface area contributed by atoms with E-state index in [2.05, 4.69) is 0 Å². The Labute approximate surface area is 112 Å². The molecule has 0 aromatic carbocycles. The van der Waals surface area contributed by atoms with Gasteiger partial charge in [-0.3, -0.25) is 4.18 Å². The highest BCUT2D eigenvalue weighted by molar-refractivity contribution is 7.85. The van der Waals surface area contributed by atoms with Gasteiger partial charge in [-0.1, -0.05) is 0 Å². The molecule has 3 saturated heterocycles. The Hall–Kier alpha value is -0.250. The molecule has 110 valence electrons. The molecule has 3 rings (SSSR count). The van der Waals surface area contributed by atoms with Crippen LogP contribution in [0.1, 0.15) is 20.3 Å². The van der Waals surface area contributed by atoms with E-state index in [1.165, 1.54) is 0 Å². The predicted octanol–water partition coefficient (Wildman–Crippen LogP) is -0.00190. The molecule has 8 heteroatoms. The topological polar surface area (TPSA) is 80.3 Å². The Kier molecular flexibility index (Phi) is 2.98. The maximum absolute atomic E-state index is 11.1. The minimum atomic E-state index is -3.52. The minimum absolute atomic E-state index is 0.0728. The lowest BCUT2D eigenvalue weighted by Gasteiger charge is -2.29. The van der Waals surface area contributed by atoms with Gasteiger partial charge in [-0.2, -0.15) is 8.42 Å². The second-order valence-corrected chi connectivity index (χ2v) is 7.30. The average Bonchev–Trinajstić information content (AvgIpc) is 2.82. The molecule has 0 spiro atoms. The van der Waals surface area contributed by atoms with Crippen LogP contribution in [0.2, 0.25) is 0 Å². The second-order valence-electron chi connectivity index (χ2n) is 5.66. The van der Waals surface area contributed by atoms with Crippen molar-refractivity contribution in [1.29, 1.82) is 0 Å². The smallest absolute Gasteiger partial charge is 0.264 e. The Bertz CT molecular complexity index is 473. The molecule has 0 aromatic rings. The van der Waals surface area contributed by atoms with Crippen molar-refractivity contribution in [3.8, 4) is 0 Å². The molecule has 0 N–H and O–H groups in total. The molecule has 3 aliphatic heterocycles. The first-order valence-corrected chi connectivity index (χ1v) is 8.02. The predicted molar refractivity (Wildman–Crippen MR) is 62.8 cm³/mol. The lowest BCUT2D eigenvalue weighted by atomic mass is 9.96. The van der Waals surface area contributed by atoms with Crippen molar-refractivity contribution in [2.75, 3.05) is 19.5 Å². The van der Waals surface area contributed by atoms with Crippen LogP contribution in [-0.4, -0.2) is 57.8 Å². The van der Waals surface area contributed by atoms with Crippen LogP contribution < -0.4 is 0 Å². The highest BCUT2D eigenvalue weighted by Crippen LogP contribution is 2.48. The van der Waals surface area contributed by atoms with E-state index in [0.717, 1.165) is 6.26 Å². The molecule has 19 heavy (non-hydrogen) atoms. The Morgan fingerprint density at radius 1 is 1.26 bits per heavy atom. The third-order valence-corrected chi connectivity index (χ3v) is 4.14. The summed E-state index contributed by atoms with van der Waals surface area (Å²) in [4.78, 5) is 0. The second kappa shape index (κ2) is 4.12. The van der Waals surface area contributed by atoms with E-state index < -0.39 is 27.8 Å². The van der Waals surface area contributed by atoms with Crippen molar-refractivity contribution < 1.29 is 31.5 Å². The third-order valence-electron chi connectivity index (χ3n) is 3.60. The normalized spacial score (nSPS) is 44.3. The van der Waals surface area contributed by atoms with Crippen LogP contribution in [0.15, 0.2) is 0 Å². The van der Waals surface area contributed by atoms with Gasteiger partial charge in [-0.25, -0.2) is 0 Å². The van der Waals surface area contributed by atoms with Gasteiger partial charge in [0.1, 0.15) is 17.8 Å². The van der Waals surface area contributed by atoms with Crippen LogP contribution in [0.5, 0.6) is 0 Å². The van der Waals surface area contributed by atoms with Crippen molar-refractivity contribution in [1.82, 2.24) is 0 Å². The number of hydrogen-bond donors (Lipinski definition) is 0. The molecular formula is C11H18O7S. The summed E-state index contributed by atoms with van der Waals surface area (Å²) in [6, 6.07) is 0. The fourth-order valence-corrected chi connectivity index (χ4v) is 3.27. The number of rotatable bonds is 3. The fraction of sp³-hybridized carbons (Fsp3) is 1.00. The van der Waals surface area contributed by atoms with Crippen LogP contribution in [-0.2, 0) is 33.2 Å². The maximum Gasteiger partial charge on any atom is 0.264 e. The quantitative estimate of drug-likeness (QED) is 0.678. The summed E-state index contributed by atoms with van der Waals surface area (Å²) in [6.07, 6.45) is 0.332. The van der Waals surface area contributed by atoms with Gasteiger partial charge in [-0.05, 0) is 13.8 Å². The highest BCUT2D eigenvalue weighted by atomic mass is 32.2. The Morgan fingerprint density at radius 3 is 2.68 bits per heavy atom. The largest absolute Gasteiger partial charge is 0.372 e. The van der Waals surface area contributed by atoms with Crippen LogP contribution in [0.3, 0.4) is 0 Å². The molecule has 0 unspecified atom stereocenters. The van der Waals surface area contributed by atoms with Crippen molar-refractivity contribution >= 4 is 10.1 Å². The summed E-state index contributed by atoms with van der Waals surface area (Å²) in [6.45, 7) is 4.03. The van der Waals surface area contributed by atoms with Gasteiger partial charge in [0.2, 0.25) is 0 Å². The molecule has 0 aliphatic carbocycles. The van der Waals surface area contributed by atoms with Crippen LogP contribution in [0.4, 0.5) is 0 Å². The zero-order valence-electron chi connectivity index (χ0n) is 11.1. The summed E-state index contributed by atoms with van der Waals surface area (Å²) in [7, 11) is -3.52. The lowest BCUT2D eigenvalue weighted by molar-refractivity contribution is -0.234. The first-order valence-electron chi connectivity index (χ1n) is 6.20. The summed E-state index contributed by atoms with van der Waals surface area (Å²) in [5.74, 6) is -0.717. The molecule has 0 saturated carbocycles. The molecule has 0 aromatic heterocycles. The van der Waals surface area contributed by atoms with Crippen molar-refractivity contribution in [3.63, 3.8) is 0 Å². The fourth-order valence-electron chi connectivity index (χ4n) is 2.85. The van der Waals surface area contributed by atoms with E-state index in [0.29, 0.717) is 13.0 Å². The van der Waals surface area contributed by atoms with Gasteiger partial charge in [0.05, 0.1) is 19.5 Å². The van der Waals surface area contributed by atoms with E-state index in [9.17, 15) is 8.42 Å². The first kappa shape index (κ1) is 13.7. The number of ether oxygens (including phenoxy) is 4. The molecular weight excluding hydrogens is 276 g/mol. The summed E-state index contributed by atoms with van der Waals surface area (Å²) >= 11 is 0. The van der Waals surface area contributed by atoms with E-state index >= 15 is 0 Å². The van der Waals surface area contributed by atoms with E-state index in [1.54, 1.807) is 13.8 Å². The summed E-state index contributed by atoms with van der Waals surface area (Å²) in [5.41, 5.74) is -0.797. The van der Waals surface area contributed by atoms with Crippen molar-refractivity contribution in [3.05, 3.63) is 0 Å². The van der Waals surface area contributed by atoms with Gasteiger partial charge < -0.3 is 18.9 Å². The highest BCUT2D eigenvalue weighted by Gasteiger charge is 2.64.